The first-order valence-electron chi connectivity index (χ1n) is 23.1. The second-order valence-electron chi connectivity index (χ2n) is 18.4. The Morgan fingerprint density at radius 1 is 0.431 bits per heavy atom. The van der Waals surface area contributed by atoms with Crippen molar-refractivity contribution in [2.45, 2.75) is 36.5 Å². The zero-order valence-corrected chi connectivity index (χ0v) is 35.6. The van der Waals surface area contributed by atoms with Crippen molar-refractivity contribution in [3.05, 3.63) is 262 Å². The normalized spacial score (nSPS) is 17.4. The van der Waals surface area contributed by atoms with Crippen LogP contribution in [0.25, 0.3) is 33.4 Å². The van der Waals surface area contributed by atoms with E-state index in [1.807, 2.05) is 0 Å². The zero-order valence-electron chi connectivity index (χ0n) is 35.6. The molecule has 0 atom stereocenters. The largest absolute Gasteiger partial charge is 0.449 e. The molecule has 0 saturated heterocycles. The van der Waals surface area contributed by atoms with Crippen molar-refractivity contribution >= 4 is 11.4 Å². The van der Waals surface area contributed by atoms with Gasteiger partial charge in [0.1, 0.15) is 0 Å². The maximum Gasteiger partial charge on any atom is 0.194 e. The third-order valence-electron chi connectivity index (χ3n) is 15.5. The molecule has 3 nitrogen and oxygen atoms in total. The van der Waals surface area contributed by atoms with Crippen LogP contribution in [0.5, 0.6) is 23.0 Å². The van der Waals surface area contributed by atoms with Gasteiger partial charge in [-0.1, -0.05) is 164 Å². The topological polar surface area (TPSA) is 21.7 Å². The number of para-hydroxylation sites is 2. The molecule has 8 aromatic rings. The molecule has 306 valence electrons. The van der Waals surface area contributed by atoms with Gasteiger partial charge < -0.3 is 14.4 Å². The molecule has 7 aliphatic rings. The van der Waals surface area contributed by atoms with Crippen LogP contribution in [0.4, 0.5) is 11.4 Å². The molecule has 1 aliphatic heterocycles. The molecule has 2 spiro atoms. The Labute approximate surface area is 378 Å². The van der Waals surface area contributed by atoms with Gasteiger partial charge in [-0.05, 0) is 151 Å². The number of hydrogen-bond acceptors (Lipinski definition) is 3. The van der Waals surface area contributed by atoms with Crippen LogP contribution in [0, 0.1) is 0 Å². The van der Waals surface area contributed by atoms with Crippen molar-refractivity contribution in [3.8, 4) is 56.4 Å². The molecule has 0 radical (unpaired) electrons. The molecule has 1 heterocycles. The summed E-state index contributed by atoms with van der Waals surface area (Å²) in [4.78, 5) is 2.51. The van der Waals surface area contributed by atoms with E-state index < -0.39 is 10.8 Å². The minimum absolute atomic E-state index is 0.454. The molecular formula is C62H41NO2. The highest BCUT2D eigenvalue weighted by atomic mass is 16.6. The minimum Gasteiger partial charge on any atom is -0.449 e. The van der Waals surface area contributed by atoms with Gasteiger partial charge in [0, 0.05) is 11.4 Å². The van der Waals surface area contributed by atoms with Gasteiger partial charge in [-0.25, -0.2) is 0 Å². The predicted molar refractivity (Wildman–Crippen MR) is 260 cm³/mol. The summed E-state index contributed by atoms with van der Waals surface area (Å²) in [6, 6.07) is 67.0. The first kappa shape index (κ1) is 35.6. The smallest absolute Gasteiger partial charge is 0.194 e. The fraction of sp³-hybridized carbons (Fsp3) is 0.0968. The van der Waals surface area contributed by atoms with Crippen LogP contribution >= 0.6 is 0 Å². The molecule has 0 N–H and O–H groups in total. The molecule has 0 saturated carbocycles. The van der Waals surface area contributed by atoms with Crippen molar-refractivity contribution in [2.24, 2.45) is 0 Å². The molecule has 65 heavy (non-hydrogen) atoms. The Kier molecular flexibility index (Phi) is 7.04. The van der Waals surface area contributed by atoms with Gasteiger partial charge in [0.2, 0.25) is 0 Å². The van der Waals surface area contributed by atoms with Gasteiger partial charge in [-0.2, -0.15) is 0 Å². The van der Waals surface area contributed by atoms with Crippen LogP contribution in [-0.2, 0) is 10.8 Å². The number of allylic oxidation sites excluding steroid dienone is 8. The van der Waals surface area contributed by atoms with Gasteiger partial charge in [0.05, 0.1) is 16.5 Å². The van der Waals surface area contributed by atoms with Crippen LogP contribution in [0.1, 0.15) is 59.1 Å². The van der Waals surface area contributed by atoms with Gasteiger partial charge in [-0.3, -0.25) is 0 Å². The Hall–Kier alpha value is -7.88. The lowest BCUT2D eigenvalue weighted by Crippen LogP contribution is -2.32. The van der Waals surface area contributed by atoms with Crippen LogP contribution in [0.3, 0.4) is 0 Å². The quantitative estimate of drug-likeness (QED) is 0.177. The minimum atomic E-state index is -0.490. The lowest BCUT2D eigenvalue weighted by molar-refractivity contribution is 0.360. The molecule has 3 heteroatoms. The van der Waals surface area contributed by atoms with E-state index in [4.69, 9.17) is 9.47 Å². The van der Waals surface area contributed by atoms with Crippen molar-refractivity contribution in [2.75, 3.05) is 4.90 Å². The highest BCUT2D eigenvalue weighted by Crippen LogP contribution is 2.68. The van der Waals surface area contributed by atoms with Gasteiger partial charge >= 0.3 is 0 Å². The van der Waals surface area contributed by atoms with E-state index in [2.05, 4.69) is 205 Å². The Morgan fingerprint density at radius 2 is 0.985 bits per heavy atom. The first-order chi connectivity index (χ1) is 32.3. The van der Waals surface area contributed by atoms with E-state index in [0.29, 0.717) is 5.75 Å². The van der Waals surface area contributed by atoms with E-state index in [1.54, 1.807) is 0 Å². The highest BCUT2D eigenvalue weighted by molar-refractivity contribution is 5.97. The van der Waals surface area contributed by atoms with Crippen LogP contribution < -0.4 is 14.4 Å². The number of fused-ring (bicyclic) bond motifs is 21. The Bertz CT molecular complexity index is 3470. The molecule has 0 unspecified atom stereocenters. The highest BCUT2D eigenvalue weighted by Gasteiger charge is 2.57. The van der Waals surface area contributed by atoms with Gasteiger partial charge in [0.15, 0.2) is 23.0 Å². The second-order valence-corrected chi connectivity index (χ2v) is 18.4. The Morgan fingerprint density at radius 3 is 1.62 bits per heavy atom. The van der Waals surface area contributed by atoms with Gasteiger partial charge in [0.25, 0.3) is 0 Å². The summed E-state index contributed by atoms with van der Waals surface area (Å²) in [5.41, 5.74) is 23.6. The number of benzene rings is 8. The van der Waals surface area contributed by atoms with Crippen molar-refractivity contribution < 1.29 is 9.47 Å². The van der Waals surface area contributed by atoms with Crippen molar-refractivity contribution in [1.82, 2.24) is 0 Å². The van der Waals surface area contributed by atoms with Crippen molar-refractivity contribution in [3.63, 3.8) is 0 Å². The van der Waals surface area contributed by atoms with E-state index in [0.717, 1.165) is 54.3 Å². The summed E-state index contributed by atoms with van der Waals surface area (Å²) in [7, 11) is 0. The van der Waals surface area contributed by atoms with Crippen LogP contribution in [0.2, 0.25) is 0 Å². The average Bonchev–Trinajstić information content (AvgIpc) is 4.05. The van der Waals surface area contributed by atoms with E-state index in [9.17, 15) is 0 Å². The fourth-order valence-electron chi connectivity index (χ4n) is 13.2. The maximum atomic E-state index is 7.41. The molecule has 0 fully saturated rings. The van der Waals surface area contributed by atoms with Crippen LogP contribution in [0.15, 0.2) is 228 Å². The zero-order chi connectivity index (χ0) is 42.4. The first-order valence-corrected chi connectivity index (χ1v) is 23.1. The molecule has 0 aromatic heterocycles. The Balaban J connectivity index is 0.961. The number of hydrogen-bond donors (Lipinski definition) is 0. The van der Waals surface area contributed by atoms with Crippen LogP contribution in [-0.4, -0.2) is 0 Å². The SMILES string of the molecule is C1=CC2=C(CC1)C1=CCCC(N(c3ccccc3)c3cccc4c3Oc3cc5c(cc3O4)-c3ccccc3C53c4ccccc4-c4ccccc43)=C1C21c2ccccc2-c2ccccc21. The molecule has 0 amide bonds. The third kappa shape index (κ3) is 4.36. The summed E-state index contributed by atoms with van der Waals surface area (Å²) >= 11 is 0. The summed E-state index contributed by atoms with van der Waals surface area (Å²) in [6.45, 7) is 0. The number of anilines is 2. The van der Waals surface area contributed by atoms with Crippen molar-refractivity contribution in [1.29, 1.82) is 0 Å². The standard InChI is InChI=1S/C62H41NO2/c1-2-18-38(19-3-1)63(54-33-16-26-45-43-24-8-15-32-52(43)62(59(45)54)50-30-13-6-22-41(50)42-23-7-14-31-51(42)62)55-34-17-35-56-60(55)65-58-37-53-46(36-57(58)64-56)44-25-9-12-29-49(44)61(53)47-27-10-4-20-39(47)40-21-5-11-28-48(40)61/h1-7,9-15,17-23,25-32,34-37H,8,16,24,33H2. The summed E-state index contributed by atoms with van der Waals surface area (Å²) < 4.78 is 14.5. The lowest BCUT2D eigenvalue weighted by atomic mass is 9.67. The number of ether oxygens (including phenoxy) is 2. The summed E-state index contributed by atoms with van der Waals surface area (Å²) in [5.74, 6) is 2.89. The van der Waals surface area contributed by atoms with Gasteiger partial charge in [-0.15, -0.1) is 0 Å². The van der Waals surface area contributed by atoms with E-state index in [1.165, 1.54) is 94.8 Å². The third-order valence-corrected chi connectivity index (χ3v) is 15.5. The summed E-state index contributed by atoms with van der Waals surface area (Å²) in [5, 5.41) is 0. The number of nitrogens with zero attached hydrogens (tertiary/aromatic N) is 1. The molecule has 6 aliphatic carbocycles. The average molecular weight is 832 g/mol. The summed E-state index contributed by atoms with van der Waals surface area (Å²) in [6.07, 6.45) is 11.3. The molecule has 15 rings (SSSR count). The fourth-order valence-corrected chi connectivity index (χ4v) is 13.2. The second kappa shape index (κ2) is 12.9. The monoisotopic (exact) mass is 831 g/mol. The van der Waals surface area contributed by atoms with E-state index in [-0.39, 0.29) is 0 Å². The molecular weight excluding hydrogens is 791 g/mol. The maximum absolute atomic E-state index is 7.41. The van der Waals surface area contributed by atoms with E-state index >= 15 is 0 Å². The number of rotatable bonds is 3. The molecule has 8 aromatic carbocycles. The molecule has 0 bridgehead atoms. The lowest BCUT2D eigenvalue weighted by Gasteiger charge is -2.39. The predicted octanol–water partition coefficient (Wildman–Crippen LogP) is 15.7.